The summed E-state index contributed by atoms with van der Waals surface area (Å²) in [6.07, 6.45) is 14.8. The van der Waals surface area contributed by atoms with Gasteiger partial charge in [-0.05, 0) is 93.6 Å². The first-order valence-corrected chi connectivity index (χ1v) is 10.7. The van der Waals surface area contributed by atoms with Gasteiger partial charge in [-0.1, -0.05) is 12.1 Å². The summed E-state index contributed by atoms with van der Waals surface area (Å²) in [4.78, 5) is 12.2. The fourth-order valence-electron chi connectivity index (χ4n) is 4.70. The molecule has 1 atom stereocenters. The molecule has 0 fully saturated rings. The first kappa shape index (κ1) is 18.6. The molecule has 4 heteroatoms. The summed E-state index contributed by atoms with van der Waals surface area (Å²) < 4.78 is 0. The van der Waals surface area contributed by atoms with Gasteiger partial charge in [-0.2, -0.15) is 0 Å². The van der Waals surface area contributed by atoms with E-state index in [1.165, 1.54) is 60.2 Å². The van der Waals surface area contributed by atoms with E-state index < -0.39 is 0 Å². The van der Waals surface area contributed by atoms with E-state index in [1.54, 1.807) is 0 Å². The van der Waals surface area contributed by atoms with Crippen molar-refractivity contribution in [2.24, 2.45) is 5.73 Å². The molecule has 27 heavy (non-hydrogen) atoms. The number of hydrogen-bond acceptors (Lipinski definition) is 4. The third-order valence-electron chi connectivity index (χ3n) is 6.12. The van der Waals surface area contributed by atoms with Crippen LogP contribution in [0.2, 0.25) is 0 Å². The van der Waals surface area contributed by atoms with Gasteiger partial charge in [0.1, 0.15) is 0 Å². The molecule has 0 bridgehead atoms. The van der Waals surface area contributed by atoms with E-state index in [9.17, 15) is 0 Å². The molecule has 0 radical (unpaired) electrons. The number of aromatic nitrogens is 2. The van der Waals surface area contributed by atoms with Crippen LogP contribution in [0.4, 0.5) is 0 Å². The number of hydrogen-bond donors (Lipinski definition) is 1. The average Bonchev–Trinajstić information content (AvgIpc) is 2.73. The summed E-state index contributed by atoms with van der Waals surface area (Å²) in [5.74, 6) is 0. The van der Waals surface area contributed by atoms with Gasteiger partial charge in [-0.25, -0.2) is 0 Å². The van der Waals surface area contributed by atoms with Crippen molar-refractivity contribution in [2.45, 2.75) is 70.4 Å². The van der Waals surface area contributed by atoms with Crippen molar-refractivity contribution in [1.82, 2.24) is 14.9 Å². The lowest BCUT2D eigenvalue weighted by molar-refractivity contribution is 0.163. The van der Waals surface area contributed by atoms with Crippen molar-refractivity contribution in [3.05, 3.63) is 58.7 Å². The summed E-state index contributed by atoms with van der Waals surface area (Å²) in [7, 11) is 0. The quantitative estimate of drug-likeness (QED) is 0.755. The Morgan fingerprint density at radius 2 is 1.93 bits per heavy atom. The van der Waals surface area contributed by atoms with Gasteiger partial charge in [0.15, 0.2) is 0 Å². The van der Waals surface area contributed by atoms with Gasteiger partial charge in [-0.15, -0.1) is 0 Å². The maximum Gasteiger partial charge on any atom is 0.0607 e. The summed E-state index contributed by atoms with van der Waals surface area (Å²) in [5.41, 5.74) is 12.6. The van der Waals surface area contributed by atoms with Crippen molar-refractivity contribution >= 4 is 0 Å². The molecule has 4 nitrogen and oxygen atoms in total. The number of nitrogens with two attached hydrogens (primary N) is 1. The topological polar surface area (TPSA) is 55.0 Å². The largest absolute Gasteiger partial charge is 0.330 e. The average molecular weight is 365 g/mol. The summed E-state index contributed by atoms with van der Waals surface area (Å²) in [6, 6.07) is 7.17. The maximum atomic E-state index is 5.76. The fraction of sp³-hybridized carbons (Fsp3) is 0.565. The van der Waals surface area contributed by atoms with Crippen molar-refractivity contribution in [1.29, 1.82) is 0 Å². The molecular formula is C23H32N4. The number of unbranched alkanes of at least 4 members (excludes halogenated alkanes) is 1. The van der Waals surface area contributed by atoms with Gasteiger partial charge in [0.25, 0.3) is 0 Å². The zero-order valence-electron chi connectivity index (χ0n) is 16.4. The van der Waals surface area contributed by atoms with Gasteiger partial charge in [0.05, 0.1) is 11.7 Å². The lowest BCUT2D eigenvalue weighted by Gasteiger charge is -2.35. The minimum absolute atomic E-state index is 0.420. The van der Waals surface area contributed by atoms with Crippen LogP contribution in [-0.2, 0) is 25.8 Å². The zero-order chi connectivity index (χ0) is 18.5. The molecule has 2 aliphatic carbocycles. The zero-order valence-corrected chi connectivity index (χ0v) is 16.4. The highest BCUT2D eigenvalue weighted by molar-refractivity contribution is 5.29. The molecule has 2 aromatic heterocycles. The van der Waals surface area contributed by atoms with E-state index in [1.807, 2.05) is 6.20 Å². The van der Waals surface area contributed by atoms with E-state index in [-0.39, 0.29) is 0 Å². The smallest absolute Gasteiger partial charge is 0.0607 e. The highest BCUT2D eigenvalue weighted by Crippen LogP contribution is 2.34. The van der Waals surface area contributed by atoms with Crippen LogP contribution in [0.1, 0.15) is 72.6 Å². The first-order chi connectivity index (χ1) is 13.3. The van der Waals surface area contributed by atoms with Crippen LogP contribution >= 0.6 is 0 Å². The van der Waals surface area contributed by atoms with Gasteiger partial charge in [0.2, 0.25) is 0 Å². The van der Waals surface area contributed by atoms with Crippen LogP contribution in [0.15, 0.2) is 30.6 Å². The predicted molar refractivity (Wildman–Crippen MR) is 109 cm³/mol. The minimum atomic E-state index is 0.420. The van der Waals surface area contributed by atoms with Crippen LogP contribution in [0.25, 0.3) is 0 Å². The molecular weight excluding hydrogens is 332 g/mol. The van der Waals surface area contributed by atoms with Crippen LogP contribution in [0.3, 0.4) is 0 Å². The lowest BCUT2D eigenvalue weighted by atomic mass is 9.90. The van der Waals surface area contributed by atoms with Crippen molar-refractivity contribution in [3.63, 3.8) is 0 Å². The van der Waals surface area contributed by atoms with Crippen LogP contribution in [0.5, 0.6) is 0 Å². The predicted octanol–water partition coefficient (Wildman–Crippen LogP) is 3.97. The molecule has 2 N–H and O–H groups in total. The van der Waals surface area contributed by atoms with Crippen molar-refractivity contribution in [3.8, 4) is 0 Å². The molecule has 0 saturated carbocycles. The Labute approximate surface area is 163 Å². The molecule has 4 rings (SSSR count). The highest BCUT2D eigenvalue weighted by Gasteiger charge is 2.27. The SMILES string of the molecule is NCCCCN(Cc1cnc2c(c1)CCCC2)C1CCCc2cccnc21. The molecule has 1 unspecified atom stereocenters. The molecule has 0 spiro atoms. The Hall–Kier alpha value is -1.78. The maximum absolute atomic E-state index is 5.76. The van der Waals surface area contributed by atoms with Gasteiger partial charge in [-0.3, -0.25) is 14.9 Å². The molecule has 2 aromatic rings. The molecule has 0 aliphatic heterocycles. The second-order valence-corrected chi connectivity index (χ2v) is 8.08. The number of rotatable bonds is 7. The number of aryl methyl sites for hydroxylation is 3. The van der Waals surface area contributed by atoms with Crippen LogP contribution < -0.4 is 5.73 Å². The van der Waals surface area contributed by atoms with Crippen LogP contribution in [0, 0.1) is 0 Å². The Balaban J connectivity index is 1.56. The third-order valence-corrected chi connectivity index (χ3v) is 6.12. The Bertz CT molecular complexity index is 758. The second kappa shape index (κ2) is 8.94. The van der Waals surface area contributed by atoms with E-state index in [0.29, 0.717) is 6.04 Å². The Morgan fingerprint density at radius 3 is 2.85 bits per heavy atom. The molecule has 2 heterocycles. The first-order valence-electron chi connectivity index (χ1n) is 10.7. The molecule has 0 saturated heterocycles. The minimum Gasteiger partial charge on any atom is -0.330 e. The Kier molecular flexibility index (Phi) is 6.15. The summed E-state index contributed by atoms with van der Waals surface area (Å²) in [5, 5.41) is 0. The van der Waals surface area contributed by atoms with Gasteiger partial charge in [0, 0.05) is 24.6 Å². The van der Waals surface area contributed by atoms with E-state index in [2.05, 4.69) is 29.3 Å². The second-order valence-electron chi connectivity index (χ2n) is 8.08. The van der Waals surface area contributed by atoms with Crippen molar-refractivity contribution < 1.29 is 0 Å². The standard InChI is InChI=1S/C23H32N4/c24-12-3-4-14-27(22-11-5-8-19-9-6-13-25-23(19)22)17-18-15-20-7-1-2-10-21(20)26-16-18/h6,9,13,15-16,22H,1-5,7-8,10-12,14,17,24H2. The number of pyridine rings is 2. The number of fused-ring (bicyclic) bond motifs is 2. The monoisotopic (exact) mass is 364 g/mol. The normalized spacial score (nSPS) is 19.0. The molecule has 0 amide bonds. The molecule has 144 valence electrons. The lowest BCUT2D eigenvalue weighted by Crippen LogP contribution is -2.33. The van der Waals surface area contributed by atoms with E-state index >= 15 is 0 Å². The Morgan fingerprint density at radius 1 is 1.04 bits per heavy atom. The highest BCUT2D eigenvalue weighted by atomic mass is 15.2. The summed E-state index contributed by atoms with van der Waals surface area (Å²) in [6.45, 7) is 2.81. The summed E-state index contributed by atoms with van der Waals surface area (Å²) >= 11 is 0. The molecule has 0 aromatic carbocycles. The number of nitrogens with zero attached hydrogens (tertiary/aromatic N) is 3. The third kappa shape index (κ3) is 4.39. The van der Waals surface area contributed by atoms with E-state index in [4.69, 9.17) is 15.7 Å². The van der Waals surface area contributed by atoms with E-state index in [0.717, 1.165) is 45.3 Å². The van der Waals surface area contributed by atoms with Gasteiger partial charge >= 0.3 is 0 Å². The molecule has 2 aliphatic rings. The van der Waals surface area contributed by atoms with Gasteiger partial charge < -0.3 is 5.73 Å². The van der Waals surface area contributed by atoms with Crippen molar-refractivity contribution in [2.75, 3.05) is 13.1 Å². The van der Waals surface area contributed by atoms with Crippen LogP contribution in [-0.4, -0.2) is 28.0 Å². The fourth-order valence-corrected chi connectivity index (χ4v) is 4.70.